The van der Waals surface area contributed by atoms with Crippen LogP contribution in [0.3, 0.4) is 0 Å². The van der Waals surface area contributed by atoms with E-state index in [1.807, 2.05) is 6.07 Å². The summed E-state index contributed by atoms with van der Waals surface area (Å²) < 4.78 is 38.4. The second-order valence-electron chi connectivity index (χ2n) is 7.63. The minimum absolute atomic E-state index is 0.162. The van der Waals surface area contributed by atoms with Crippen LogP contribution in [-0.4, -0.2) is 51.7 Å². The molecule has 3 heterocycles. The number of hydrogen-bond donors (Lipinski definition) is 1. The minimum atomic E-state index is -0.965. The van der Waals surface area contributed by atoms with E-state index in [-0.39, 0.29) is 29.2 Å². The first-order valence-electron chi connectivity index (χ1n) is 10.5. The number of hydrogen-bond acceptors (Lipinski definition) is 7. The van der Waals surface area contributed by atoms with E-state index in [4.69, 9.17) is 14.6 Å². The van der Waals surface area contributed by atoms with Crippen LogP contribution in [0, 0.1) is 23.0 Å². The molecule has 8 nitrogen and oxygen atoms in total. The first-order valence-corrected chi connectivity index (χ1v) is 10.5. The molecule has 3 aromatic rings. The molecule has 2 aromatic heterocycles. The third-order valence-corrected chi connectivity index (χ3v) is 5.36. The lowest BCUT2D eigenvalue weighted by atomic mass is 10.1. The highest BCUT2D eigenvalue weighted by atomic mass is 19.2. The number of aliphatic hydroxyl groups excluding tert-OH is 1. The Bertz CT molecular complexity index is 1240. The van der Waals surface area contributed by atoms with Gasteiger partial charge in [-0.3, -0.25) is 9.78 Å². The van der Waals surface area contributed by atoms with Crippen molar-refractivity contribution in [2.24, 2.45) is 0 Å². The fraction of sp³-hybridized carbons (Fsp3) is 0.250. The van der Waals surface area contributed by atoms with Crippen molar-refractivity contribution >= 4 is 5.91 Å². The standard InChI is InChI=1S/C24H20F2N4O4/c25-21-2-1-15(9-22(21)26)17-8-19(12-28-11-17)33-20-7-16(10-27)24(29-13-20)34-18-3-5-30(6-4-18)23(32)14-31/h1-2,7-9,11-13,18,31H,3-6,14H2. The van der Waals surface area contributed by atoms with Gasteiger partial charge in [-0.15, -0.1) is 0 Å². The zero-order chi connectivity index (χ0) is 24.1. The molecule has 0 atom stereocenters. The predicted molar refractivity (Wildman–Crippen MR) is 116 cm³/mol. The fourth-order valence-electron chi connectivity index (χ4n) is 3.59. The van der Waals surface area contributed by atoms with Crippen molar-refractivity contribution in [1.29, 1.82) is 5.26 Å². The van der Waals surface area contributed by atoms with Crippen molar-refractivity contribution in [3.63, 3.8) is 0 Å². The molecule has 1 N–H and O–H groups in total. The van der Waals surface area contributed by atoms with Gasteiger partial charge >= 0.3 is 0 Å². The van der Waals surface area contributed by atoms with E-state index >= 15 is 0 Å². The van der Waals surface area contributed by atoms with Crippen LogP contribution in [0.2, 0.25) is 0 Å². The second-order valence-corrected chi connectivity index (χ2v) is 7.63. The Morgan fingerprint density at radius 3 is 2.56 bits per heavy atom. The van der Waals surface area contributed by atoms with Gasteiger partial charge in [0.1, 0.15) is 35.8 Å². The number of carbonyl (C=O) groups excluding carboxylic acids is 1. The number of rotatable bonds is 6. The molecule has 34 heavy (non-hydrogen) atoms. The Hall–Kier alpha value is -4.10. The summed E-state index contributed by atoms with van der Waals surface area (Å²) in [6.45, 7) is 0.384. The Morgan fingerprint density at radius 2 is 1.85 bits per heavy atom. The smallest absolute Gasteiger partial charge is 0.248 e. The third-order valence-electron chi connectivity index (χ3n) is 5.36. The Kier molecular flexibility index (Phi) is 6.94. The third kappa shape index (κ3) is 5.27. The summed E-state index contributed by atoms with van der Waals surface area (Å²) in [5.74, 6) is -1.47. The number of ether oxygens (including phenoxy) is 2. The summed E-state index contributed by atoms with van der Waals surface area (Å²) in [4.78, 5) is 21.4. The van der Waals surface area contributed by atoms with Crippen LogP contribution in [0.25, 0.3) is 11.1 Å². The maximum Gasteiger partial charge on any atom is 0.248 e. The summed E-state index contributed by atoms with van der Waals surface area (Å²) in [7, 11) is 0. The molecule has 1 aromatic carbocycles. The van der Waals surface area contributed by atoms with E-state index in [0.717, 1.165) is 12.1 Å². The summed E-state index contributed by atoms with van der Waals surface area (Å²) in [6, 6.07) is 8.67. The topological polar surface area (TPSA) is 109 Å². The molecule has 0 radical (unpaired) electrons. The normalized spacial score (nSPS) is 13.9. The van der Waals surface area contributed by atoms with Crippen LogP contribution >= 0.6 is 0 Å². The number of amides is 1. The number of nitrogens with zero attached hydrogens (tertiary/aromatic N) is 4. The zero-order valence-electron chi connectivity index (χ0n) is 17.9. The van der Waals surface area contributed by atoms with Crippen LogP contribution in [0.1, 0.15) is 18.4 Å². The highest BCUT2D eigenvalue weighted by molar-refractivity contribution is 5.77. The first-order chi connectivity index (χ1) is 16.5. The second kappa shape index (κ2) is 10.2. The number of aliphatic hydroxyl groups is 1. The molecule has 10 heteroatoms. The molecule has 1 fully saturated rings. The molecule has 1 saturated heterocycles. The molecule has 4 rings (SSSR count). The number of aromatic nitrogens is 2. The van der Waals surface area contributed by atoms with Crippen LogP contribution in [0.4, 0.5) is 8.78 Å². The molecule has 1 aliphatic heterocycles. The molecular formula is C24H20F2N4O4. The van der Waals surface area contributed by atoms with Gasteiger partial charge in [0, 0.05) is 43.8 Å². The maximum absolute atomic E-state index is 13.6. The molecule has 1 amide bonds. The van der Waals surface area contributed by atoms with E-state index in [1.54, 1.807) is 11.0 Å². The number of benzene rings is 1. The van der Waals surface area contributed by atoms with Gasteiger partial charge in [0.15, 0.2) is 11.6 Å². The highest BCUT2D eigenvalue weighted by Gasteiger charge is 2.24. The monoisotopic (exact) mass is 466 g/mol. The summed E-state index contributed by atoms with van der Waals surface area (Å²) in [5.41, 5.74) is 1.13. The number of likely N-dealkylation sites (tertiary alicyclic amines) is 1. The van der Waals surface area contributed by atoms with E-state index < -0.39 is 18.2 Å². The number of halogens is 2. The summed E-state index contributed by atoms with van der Waals surface area (Å²) in [5, 5.41) is 18.5. The van der Waals surface area contributed by atoms with Gasteiger partial charge in [0.2, 0.25) is 11.8 Å². The quantitative estimate of drug-likeness (QED) is 0.593. The SMILES string of the molecule is N#Cc1cc(Oc2cncc(-c3ccc(F)c(F)c3)c2)cnc1OC1CCN(C(=O)CO)CC1. The average Bonchev–Trinajstić information content (AvgIpc) is 2.86. The van der Waals surface area contributed by atoms with E-state index in [2.05, 4.69) is 9.97 Å². The number of nitriles is 1. The molecule has 0 spiro atoms. The fourth-order valence-corrected chi connectivity index (χ4v) is 3.59. The zero-order valence-corrected chi connectivity index (χ0v) is 17.9. The van der Waals surface area contributed by atoms with Crippen LogP contribution in [0.5, 0.6) is 17.4 Å². The van der Waals surface area contributed by atoms with Gasteiger partial charge in [-0.25, -0.2) is 13.8 Å². The largest absolute Gasteiger partial charge is 0.473 e. The van der Waals surface area contributed by atoms with Crippen molar-refractivity contribution in [3.8, 4) is 34.6 Å². The molecule has 0 bridgehead atoms. The molecule has 174 valence electrons. The minimum Gasteiger partial charge on any atom is -0.473 e. The first kappa shape index (κ1) is 23.1. The van der Waals surface area contributed by atoms with Crippen molar-refractivity contribution in [2.75, 3.05) is 19.7 Å². The Labute approximate surface area is 194 Å². The lowest BCUT2D eigenvalue weighted by molar-refractivity contribution is -0.135. The van der Waals surface area contributed by atoms with Gasteiger partial charge in [0.25, 0.3) is 0 Å². The molecule has 0 saturated carbocycles. The summed E-state index contributed by atoms with van der Waals surface area (Å²) >= 11 is 0. The van der Waals surface area contributed by atoms with Crippen molar-refractivity contribution in [1.82, 2.24) is 14.9 Å². The van der Waals surface area contributed by atoms with Gasteiger partial charge in [-0.05, 0) is 23.8 Å². The van der Waals surface area contributed by atoms with E-state index in [1.165, 1.54) is 30.7 Å². The van der Waals surface area contributed by atoms with Crippen molar-refractivity contribution in [3.05, 3.63) is 66.1 Å². The van der Waals surface area contributed by atoms with Crippen molar-refractivity contribution in [2.45, 2.75) is 18.9 Å². The lowest BCUT2D eigenvalue weighted by Gasteiger charge is -2.31. The van der Waals surface area contributed by atoms with Gasteiger partial charge in [-0.2, -0.15) is 5.26 Å². The van der Waals surface area contributed by atoms with Crippen LogP contribution in [0.15, 0.2) is 48.9 Å². The van der Waals surface area contributed by atoms with Crippen LogP contribution in [-0.2, 0) is 4.79 Å². The van der Waals surface area contributed by atoms with Gasteiger partial charge in [0.05, 0.1) is 12.4 Å². The van der Waals surface area contributed by atoms with E-state index in [0.29, 0.717) is 42.8 Å². The van der Waals surface area contributed by atoms with E-state index in [9.17, 15) is 18.8 Å². The molecular weight excluding hydrogens is 446 g/mol. The predicted octanol–water partition coefficient (Wildman–Crippen LogP) is 3.45. The molecule has 0 aliphatic carbocycles. The average molecular weight is 466 g/mol. The van der Waals surface area contributed by atoms with Crippen molar-refractivity contribution < 1.29 is 28.2 Å². The Balaban J connectivity index is 1.45. The summed E-state index contributed by atoms with van der Waals surface area (Å²) in [6.07, 6.45) is 5.24. The maximum atomic E-state index is 13.6. The van der Waals surface area contributed by atoms with Gasteiger partial charge < -0.3 is 19.5 Å². The lowest BCUT2D eigenvalue weighted by Crippen LogP contribution is -2.43. The van der Waals surface area contributed by atoms with Gasteiger partial charge in [-0.1, -0.05) is 6.07 Å². The van der Waals surface area contributed by atoms with Crippen LogP contribution < -0.4 is 9.47 Å². The highest BCUT2D eigenvalue weighted by Crippen LogP contribution is 2.29. The Morgan fingerprint density at radius 1 is 1.09 bits per heavy atom. The number of pyridine rings is 2. The molecule has 1 aliphatic rings. The number of carbonyl (C=O) groups is 1. The number of piperidine rings is 1. The molecule has 0 unspecified atom stereocenters.